The first-order valence-corrected chi connectivity index (χ1v) is 9.20. The predicted octanol–water partition coefficient (Wildman–Crippen LogP) is 4.75. The van der Waals surface area contributed by atoms with Gasteiger partial charge in [-0.05, 0) is 44.5 Å². The molecule has 2 aromatic carbocycles. The first-order chi connectivity index (χ1) is 12.4. The number of nitrogens with zero attached hydrogens (tertiary/aromatic N) is 2. The Morgan fingerprint density at radius 3 is 2.68 bits per heavy atom. The molecular formula is C21H24N2O2. The number of fused-ring (bicyclic) bond motifs is 1. The van der Waals surface area contributed by atoms with E-state index in [-0.39, 0.29) is 0 Å². The minimum atomic E-state index is 0.738. The number of likely N-dealkylation sites (tertiary alicyclic amines) is 1. The molecule has 4 rings (SSSR count). The Labute approximate surface area is 148 Å². The van der Waals surface area contributed by atoms with E-state index >= 15 is 0 Å². The van der Waals surface area contributed by atoms with Crippen LogP contribution in [0, 0.1) is 0 Å². The summed E-state index contributed by atoms with van der Waals surface area (Å²) < 4.78 is 11.4. The average molecular weight is 336 g/mol. The lowest BCUT2D eigenvalue weighted by molar-refractivity contribution is 0.205. The molecule has 0 spiro atoms. The molecule has 3 aromatic rings. The van der Waals surface area contributed by atoms with Crippen molar-refractivity contribution in [3.8, 4) is 17.0 Å². The van der Waals surface area contributed by atoms with Crippen molar-refractivity contribution in [3.63, 3.8) is 0 Å². The monoisotopic (exact) mass is 336 g/mol. The van der Waals surface area contributed by atoms with Crippen LogP contribution in [-0.2, 0) is 0 Å². The lowest BCUT2D eigenvalue weighted by atomic mass is 10.1. The van der Waals surface area contributed by atoms with Gasteiger partial charge in [-0.25, -0.2) is 0 Å². The Balaban J connectivity index is 1.37. The first kappa shape index (κ1) is 16.2. The SMILES string of the molecule is c1ccc(-c2noc3cc(OCCCN4CCCCC4)ccc23)cc1. The molecule has 0 atom stereocenters. The Hall–Kier alpha value is -2.33. The fourth-order valence-corrected chi connectivity index (χ4v) is 3.47. The smallest absolute Gasteiger partial charge is 0.171 e. The van der Waals surface area contributed by atoms with E-state index in [9.17, 15) is 0 Å². The standard InChI is InChI=1S/C21H24N2O2/c1-3-8-17(9-4-1)21-19-11-10-18(16-20(19)25-22-21)24-15-7-14-23-12-5-2-6-13-23/h1,3-4,8-11,16H,2,5-7,12-15H2. The van der Waals surface area contributed by atoms with E-state index in [2.05, 4.69) is 10.1 Å². The maximum absolute atomic E-state index is 5.91. The quantitative estimate of drug-likeness (QED) is 0.609. The topological polar surface area (TPSA) is 38.5 Å². The van der Waals surface area contributed by atoms with Crippen LogP contribution in [-0.4, -0.2) is 36.3 Å². The lowest BCUT2D eigenvalue weighted by Gasteiger charge is -2.26. The zero-order chi connectivity index (χ0) is 16.9. The second kappa shape index (κ2) is 7.70. The van der Waals surface area contributed by atoms with Crippen molar-refractivity contribution in [1.29, 1.82) is 0 Å². The summed E-state index contributed by atoms with van der Waals surface area (Å²) in [5.41, 5.74) is 2.72. The van der Waals surface area contributed by atoms with E-state index in [0.29, 0.717) is 0 Å². The van der Waals surface area contributed by atoms with Crippen molar-refractivity contribution in [2.24, 2.45) is 0 Å². The second-order valence-corrected chi connectivity index (χ2v) is 6.66. The number of benzene rings is 2. The molecule has 0 radical (unpaired) electrons. The van der Waals surface area contributed by atoms with Gasteiger partial charge in [0, 0.05) is 23.6 Å². The normalized spacial score (nSPS) is 15.5. The fraction of sp³-hybridized carbons (Fsp3) is 0.381. The maximum atomic E-state index is 5.91. The van der Waals surface area contributed by atoms with Crippen molar-refractivity contribution in [1.82, 2.24) is 10.1 Å². The minimum Gasteiger partial charge on any atom is -0.493 e. The van der Waals surface area contributed by atoms with Crippen molar-refractivity contribution in [2.45, 2.75) is 25.7 Å². The first-order valence-electron chi connectivity index (χ1n) is 9.20. The summed E-state index contributed by atoms with van der Waals surface area (Å²) in [5, 5.41) is 5.25. The minimum absolute atomic E-state index is 0.738. The molecule has 1 aliphatic heterocycles. The predicted molar refractivity (Wildman–Crippen MR) is 99.8 cm³/mol. The van der Waals surface area contributed by atoms with E-state index in [1.165, 1.54) is 32.4 Å². The molecule has 0 aliphatic carbocycles. The van der Waals surface area contributed by atoms with Crippen LogP contribution in [0.25, 0.3) is 22.2 Å². The summed E-state index contributed by atoms with van der Waals surface area (Å²) in [6.07, 6.45) is 5.12. The summed E-state index contributed by atoms with van der Waals surface area (Å²) in [4.78, 5) is 2.54. The molecular weight excluding hydrogens is 312 g/mol. The summed E-state index contributed by atoms with van der Waals surface area (Å²) >= 11 is 0. The van der Waals surface area contributed by atoms with Crippen LogP contribution in [0.1, 0.15) is 25.7 Å². The van der Waals surface area contributed by atoms with Crippen LogP contribution in [0.5, 0.6) is 5.75 Å². The Bertz CT molecular complexity index is 807. The molecule has 1 aromatic heterocycles. The third-order valence-corrected chi connectivity index (χ3v) is 4.83. The van der Waals surface area contributed by atoms with Gasteiger partial charge in [0.15, 0.2) is 5.58 Å². The van der Waals surface area contributed by atoms with Crippen molar-refractivity contribution in [2.75, 3.05) is 26.2 Å². The van der Waals surface area contributed by atoms with Crippen LogP contribution in [0.15, 0.2) is 53.1 Å². The van der Waals surface area contributed by atoms with Gasteiger partial charge in [0.2, 0.25) is 0 Å². The molecule has 1 aliphatic rings. The highest BCUT2D eigenvalue weighted by Gasteiger charge is 2.12. The maximum Gasteiger partial charge on any atom is 0.171 e. The van der Waals surface area contributed by atoms with Gasteiger partial charge >= 0.3 is 0 Å². The van der Waals surface area contributed by atoms with Crippen molar-refractivity contribution >= 4 is 11.0 Å². The Morgan fingerprint density at radius 2 is 1.84 bits per heavy atom. The van der Waals surface area contributed by atoms with Crippen LogP contribution < -0.4 is 4.74 Å². The van der Waals surface area contributed by atoms with Gasteiger partial charge in [-0.3, -0.25) is 0 Å². The van der Waals surface area contributed by atoms with E-state index in [1.54, 1.807) is 0 Å². The Morgan fingerprint density at radius 1 is 1.00 bits per heavy atom. The van der Waals surface area contributed by atoms with Crippen LogP contribution in [0.4, 0.5) is 0 Å². The molecule has 4 heteroatoms. The van der Waals surface area contributed by atoms with Gasteiger partial charge in [0.25, 0.3) is 0 Å². The molecule has 25 heavy (non-hydrogen) atoms. The third kappa shape index (κ3) is 3.85. The molecule has 2 heterocycles. The zero-order valence-electron chi connectivity index (χ0n) is 14.5. The number of aromatic nitrogens is 1. The van der Waals surface area contributed by atoms with E-state index < -0.39 is 0 Å². The van der Waals surface area contributed by atoms with E-state index in [4.69, 9.17) is 9.26 Å². The highest BCUT2D eigenvalue weighted by atomic mass is 16.5. The van der Waals surface area contributed by atoms with Gasteiger partial charge in [-0.2, -0.15) is 0 Å². The fourth-order valence-electron chi connectivity index (χ4n) is 3.47. The van der Waals surface area contributed by atoms with Gasteiger partial charge < -0.3 is 14.2 Å². The van der Waals surface area contributed by atoms with Crippen molar-refractivity contribution < 1.29 is 9.26 Å². The van der Waals surface area contributed by atoms with Crippen LogP contribution in [0.2, 0.25) is 0 Å². The molecule has 0 bridgehead atoms. The average Bonchev–Trinajstić information content (AvgIpc) is 3.10. The highest BCUT2D eigenvalue weighted by molar-refractivity contribution is 5.92. The molecule has 0 saturated carbocycles. The molecule has 130 valence electrons. The molecule has 1 saturated heterocycles. The van der Waals surface area contributed by atoms with Crippen molar-refractivity contribution in [3.05, 3.63) is 48.5 Å². The Kier molecular flexibility index (Phi) is 4.98. The lowest BCUT2D eigenvalue weighted by Crippen LogP contribution is -2.31. The summed E-state index contributed by atoms with van der Waals surface area (Å²) in [7, 11) is 0. The van der Waals surface area contributed by atoms with E-state index in [1.807, 2.05) is 48.5 Å². The number of hydrogen-bond donors (Lipinski definition) is 0. The molecule has 1 fully saturated rings. The van der Waals surface area contributed by atoms with Gasteiger partial charge in [-0.1, -0.05) is 41.9 Å². The zero-order valence-corrected chi connectivity index (χ0v) is 14.5. The molecule has 0 unspecified atom stereocenters. The molecule has 4 nitrogen and oxygen atoms in total. The van der Waals surface area contributed by atoms with Gasteiger partial charge in [0.1, 0.15) is 11.4 Å². The summed E-state index contributed by atoms with van der Waals surface area (Å²) in [6, 6.07) is 16.1. The summed E-state index contributed by atoms with van der Waals surface area (Å²) in [5.74, 6) is 0.849. The number of piperidine rings is 1. The van der Waals surface area contributed by atoms with Crippen LogP contribution in [0.3, 0.4) is 0 Å². The number of rotatable bonds is 6. The number of ether oxygens (including phenoxy) is 1. The second-order valence-electron chi connectivity index (χ2n) is 6.66. The molecule has 0 amide bonds. The molecule has 0 N–H and O–H groups in total. The van der Waals surface area contributed by atoms with E-state index in [0.717, 1.165) is 47.5 Å². The third-order valence-electron chi connectivity index (χ3n) is 4.83. The van der Waals surface area contributed by atoms with Gasteiger partial charge in [-0.15, -0.1) is 0 Å². The van der Waals surface area contributed by atoms with Gasteiger partial charge in [0.05, 0.1) is 6.61 Å². The summed E-state index contributed by atoms with van der Waals surface area (Å²) in [6.45, 7) is 4.35. The number of hydrogen-bond acceptors (Lipinski definition) is 4. The van der Waals surface area contributed by atoms with Crippen LogP contribution >= 0.6 is 0 Å². The largest absolute Gasteiger partial charge is 0.493 e. The highest BCUT2D eigenvalue weighted by Crippen LogP contribution is 2.30.